The molecule has 0 spiro atoms. The summed E-state index contributed by atoms with van der Waals surface area (Å²) in [5.74, 6) is 0.551. The average Bonchev–Trinajstić information content (AvgIpc) is 2.43. The molecule has 0 aliphatic carbocycles. The Balaban J connectivity index is 2.62. The van der Waals surface area contributed by atoms with Crippen LogP contribution >= 0.6 is 0 Å². The van der Waals surface area contributed by atoms with E-state index in [-0.39, 0.29) is 11.8 Å². The number of anilines is 1. The van der Waals surface area contributed by atoms with Crippen molar-refractivity contribution in [3.63, 3.8) is 0 Å². The molecule has 0 fully saturated rings. The Bertz CT molecular complexity index is 510. The SMILES string of the molecule is CCCNC(C)c1ccc(NS(=O)(=O)CCC(C)C)cc1. The number of nitrogens with one attached hydrogen (secondary N) is 2. The fraction of sp³-hybridized carbons (Fsp3) is 0.625. The molecular formula is C16H28N2O2S. The lowest BCUT2D eigenvalue weighted by Gasteiger charge is -2.15. The summed E-state index contributed by atoms with van der Waals surface area (Å²) in [7, 11) is -3.24. The van der Waals surface area contributed by atoms with E-state index >= 15 is 0 Å². The first kappa shape index (κ1) is 18.0. The molecular weight excluding hydrogens is 284 g/mol. The molecule has 21 heavy (non-hydrogen) atoms. The number of hydrogen-bond acceptors (Lipinski definition) is 3. The molecule has 1 aromatic rings. The maximum atomic E-state index is 11.9. The van der Waals surface area contributed by atoms with Crippen LogP contribution in [-0.2, 0) is 10.0 Å². The summed E-state index contributed by atoms with van der Waals surface area (Å²) in [5.41, 5.74) is 1.79. The van der Waals surface area contributed by atoms with Crippen LogP contribution in [0.2, 0.25) is 0 Å². The predicted octanol–water partition coefficient (Wildman–Crippen LogP) is 3.54. The van der Waals surface area contributed by atoms with Crippen LogP contribution in [0.25, 0.3) is 0 Å². The van der Waals surface area contributed by atoms with Crippen LogP contribution in [0.5, 0.6) is 0 Å². The van der Waals surface area contributed by atoms with Crippen molar-refractivity contribution < 1.29 is 8.42 Å². The molecule has 0 saturated heterocycles. The van der Waals surface area contributed by atoms with Gasteiger partial charge in [0.15, 0.2) is 0 Å². The second-order valence-electron chi connectivity index (χ2n) is 5.90. The zero-order valence-corrected chi connectivity index (χ0v) is 14.3. The number of hydrogen-bond donors (Lipinski definition) is 2. The quantitative estimate of drug-likeness (QED) is 0.733. The van der Waals surface area contributed by atoms with E-state index in [1.54, 1.807) is 0 Å². The van der Waals surface area contributed by atoms with E-state index in [4.69, 9.17) is 0 Å². The van der Waals surface area contributed by atoms with Gasteiger partial charge in [0, 0.05) is 11.7 Å². The lowest BCUT2D eigenvalue weighted by Crippen LogP contribution is -2.20. The van der Waals surface area contributed by atoms with Gasteiger partial charge in [0.05, 0.1) is 5.75 Å². The van der Waals surface area contributed by atoms with E-state index in [1.165, 1.54) is 0 Å². The minimum Gasteiger partial charge on any atom is -0.310 e. The standard InChI is InChI=1S/C16H28N2O2S/c1-5-11-17-14(4)15-6-8-16(9-7-15)18-21(19,20)12-10-13(2)3/h6-9,13-14,17-18H,5,10-12H2,1-4H3. The summed E-state index contributed by atoms with van der Waals surface area (Å²) in [6.07, 6.45) is 1.77. The minimum atomic E-state index is -3.24. The van der Waals surface area contributed by atoms with Crippen LogP contribution in [-0.4, -0.2) is 20.7 Å². The highest BCUT2D eigenvalue weighted by atomic mass is 32.2. The fourth-order valence-electron chi connectivity index (χ4n) is 1.94. The number of rotatable bonds is 9. The second kappa shape index (κ2) is 8.39. The lowest BCUT2D eigenvalue weighted by molar-refractivity contribution is 0.571. The van der Waals surface area contributed by atoms with Crippen LogP contribution in [0.3, 0.4) is 0 Å². The fourth-order valence-corrected chi connectivity index (χ4v) is 3.32. The van der Waals surface area contributed by atoms with Gasteiger partial charge in [0.1, 0.15) is 0 Å². The van der Waals surface area contributed by atoms with Gasteiger partial charge in [-0.2, -0.15) is 0 Å². The van der Waals surface area contributed by atoms with Gasteiger partial charge in [-0.1, -0.05) is 32.9 Å². The predicted molar refractivity (Wildman–Crippen MR) is 90.0 cm³/mol. The third kappa shape index (κ3) is 6.96. The van der Waals surface area contributed by atoms with Crippen molar-refractivity contribution in [1.82, 2.24) is 5.32 Å². The largest absolute Gasteiger partial charge is 0.310 e. The zero-order valence-electron chi connectivity index (χ0n) is 13.5. The van der Waals surface area contributed by atoms with Gasteiger partial charge in [0.25, 0.3) is 0 Å². The Morgan fingerprint density at radius 2 is 1.71 bits per heavy atom. The van der Waals surface area contributed by atoms with Crippen LogP contribution in [0.15, 0.2) is 24.3 Å². The van der Waals surface area contributed by atoms with E-state index in [0.29, 0.717) is 18.0 Å². The minimum absolute atomic E-state index is 0.168. The average molecular weight is 312 g/mol. The van der Waals surface area contributed by atoms with Gasteiger partial charge in [0.2, 0.25) is 10.0 Å². The highest BCUT2D eigenvalue weighted by Gasteiger charge is 2.12. The second-order valence-corrected chi connectivity index (χ2v) is 7.74. The summed E-state index contributed by atoms with van der Waals surface area (Å²) >= 11 is 0. The van der Waals surface area contributed by atoms with Gasteiger partial charge in [-0.25, -0.2) is 8.42 Å². The van der Waals surface area contributed by atoms with Gasteiger partial charge in [-0.15, -0.1) is 0 Å². The monoisotopic (exact) mass is 312 g/mol. The Kier molecular flexibility index (Phi) is 7.18. The molecule has 1 unspecified atom stereocenters. The first-order chi connectivity index (χ1) is 9.84. The molecule has 120 valence electrons. The molecule has 5 heteroatoms. The van der Waals surface area contributed by atoms with Crippen LogP contribution in [0, 0.1) is 5.92 Å². The van der Waals surface area contributed by atoms with Crippen LogP contribution < -0.4 is 10.0 Å². The molecule has 0 bridgehead atoms. The first-order valence-electron chi connectivity index (χ1n) is 7.68. The Labute approximate surface area is 129 Å². The molecule has 1 atom stereocenters. The molecule has 0 radical (unpaired) electrons. The van der Waals surface area contributed by atoms with Crippen molar-refractivity contribution in [3.05, 3.63) is 29.8 Å². The summed E-state index contributed by atoms with van der Waals surface area (Å²) in [6.45, 7) is 9.26. The van der Waals surface area contributed by atoms with E-state index in [2.05, 4.69) is 23.9 Å². The van der Waals surface area contributed by atoms with Gasteiger partial charge >= 0.3 is 0 Å². The van der Waals surface area contributed by atoms with E-state index in [9.17, 15) is 8.42 Å². The molecule has 0 amide bonds. The van der Waals surface area contributed by atoms with Crippen LogP contribution in [0.1, 0.15) is 52.1 Å². The molecule has 0 aliphatic rings. The molecule has 0 aromatic heterocycles. The highest BCUT2D eigenvalue weighted by Crippen LogP contribution is 2.17. The summed E-state index contributed by atoms with van der Waals surface area (Å²) in [4.78, 5) is 0. The van der Waals surface area contributed by atoms with Crippen molar-refractivity contribution in [2.75, 3.05) is 17.0 Å². The number of benzene rings is 1. The molecule has 0 aliphatic heterocycles. The van der Waals surface area contributed by atoms with Crippen molar-refractivity contribution in [2.24, 2.45) is 5.92 Å². The number of sulfonamides is 1. The third-order valence-corrected chi connectivity index (χ3v) is 4.67. The summed E-state index contributed by atoms with van der Waals surface area (Å²) in [6, 6.07) is 7.86. The smallest absolute Gasteiger partial charge is 0.232 e. The van der Waals surface area contributed by atoms with Crippen LogP contribution in [0.4, 0.5) is 5.69 Å². The molecule has 4 nitrogen and oxygen atoms in total. The highest BCUT2D eigenvalue weighted by molar-refractivity contribution is 7.92. The van der Waals surface area contributed by atoms with Gasteiger partial charge in [-0.3, -0.25) is 4.72 Å². The Hall–Kier alpha value is -1.07. The molecule has 1 aromatic carbocycles. The van der Waals surface area contributed by atoms with Crippen molar-refractivity contribution >= 4 is 15.7 Å². The summed E-state index contributed by atoms with van der Waals surface area (Å²) < 4.78 is 26.5. The molecule has 2 N–H and O–H groups in total. The summed E-state index contributed by atoms with van der Waals surface area (Å²) in [5, 5.41) is 3.41. The van der Waals surface area contributed by atoms with Crippen molar-refractivity contribution in [3.8, 4) is 0 Å². The van der Waals surface area contributed by atoms with Gasteiger partial charge < -0.3 is 5.32 Å². The molecule has 0 saturated carbocycles. The van der Waals surface area contributed by atoms with E-state index in [1.807, 2.05) is 38.1 Å². The molecule has 0 heterocycles. The molecule has 1 rings (SSSR count). The topological polar surface area (TPSA) is 58.2 Å². The van der Waals surface area contributed by atoms with E-state index in [0.717, 1.165) is 18.5 Å². The Morgan fingerprint density at radius 1 is 1.10 bits per heavy atom. The Morgan fingerprint density at radius 3 is 2.24 bits per heavy atom. The third-order valence-electron chi connectivity index (χ3n) is 3.35. The van der Waals surface area contributed by atoms with Crippen molar-refractivity contribution in [2.45, 2.75) is 46.6 Å². The lowest BCUT2D eigenvalue weighted by atomic mass is 10.1. The maximum absolute atomic E-state index is 11.9. The zero-order chi connectivity index (χ0) is 15.9. The van der Waals surface area contributed by atoms with Crippen molar-refractivity contribution in [1.29, 1.82) is 0 Å². The van der Waals surface area contributed by atoms with E-state index < -0.39 is 10.0 Å². The van der Waals surface area contributed by atoms with Gasteiger partial charge in [-0.05, 0) is 49.9 Å². The first-order valence-corrected chi connectivity index (χ1v) is 9.33. The normalized spacial score (nSPS) is 13.4. The maximum Gasteiger partial charge on any atom is 0.232 e.